The van der Waals surface area contributed by atoms with Crippen molar-refractivity contribution in [1.82, 2.24) is 0 Å². The van der Waals surface area contributed by atoms with E-state index in [-0.39, 0.29) is 11.2 Å². The van der Waals surface area contributed by atoms with E-state index in [4.69, 9.17) is 0 Å². The van der Waals surface area contributed by atoms with Crippen molar-refractivity contribution in [2.75, 3.05) is 0 Å². The molecule has 0 radical (unpaired) electrons. The maximum Gasteiger partial charge on any atom is 0.178 e. The van der Waals surface area contributed by atoms with Crippen LogP contribution in [0.4, 0.5) is 0 Å². The van der Waals surface area contributed by atoms with E-state index in [9.17, 15) is 4.79 Å². The number of hydrogen-bond acceptors (Lipinski definition) is 1. The number of allylic oxidation sites excluding steroid dienone is 4. The average Bonchev–Trinajstić information content (AvgIpc) is 2.94. The lowest BCUT2D eigenvalue weighted by molar-refractivity contribution is -0.111. The van der Waals surface area contributed by atoms with E-state index in [1.807, 2.05) is 12.2 Å². The molecule has 0 amide bonds. The molecule has 1 heteroatoms. The van der Waals surface area contributed by atoms with E-state index in [0.717, 1.165) is 41.9 Å². The molecule has 0 bridgehead atoms. The number of ketones is 1. The quantitative estimate of drug-likeness (QED) is 0.652. The lowest BCUT2D eigenvalue weighted by Gasteiger charge is -2.55. The van der Waals surface area contributed by atoms with Gasteiger partial charge in [-0.3, -0.25) is 4.79 Å². The molecule has 4 aliphatic rings. The summed E-state index contributed by atoms with van der Waals surface area (Å²) in [5.41, 5.74) is 1.59. The maximum atomic E-state index is 11.8. The Hall–Kier alpha value is -0.850. The standard InChI is InChI=1S/C21H30O/c1-4-14-5-7-18-17-8-6-15-12-16(22)9-10-21(15,3)19(17)11-13(2)20(14)18/h9-10,12-14,17-20H,4-8,11H2,1-3H3/t13-,14+,17?,18?,19?,20?,21+/m1/s1. The van der Waals surface area contributed by atoms with Crippen LogP contribution in [0.5, 0.6) is 0 Å². The first-order valence-electron chi connectivity index (χ1n) is 9.49. The summed E-state index contributed by atoms with van der Waals surface area (Å²) in [4.78, 5) is 11.8. The van der Waals surface area contributed by atoms with E-state index < -0.39 is 0 Å². The molecule has 0 N–H and O–H groups in total. The predicted octanol–water partition coefficient (Wildman–Crippen LogP) is 5.18. The molecular weight excluding hydrogens is 268 g/mol. The van der Waals surface area contributed by atoms with Crippen LogP contribution >= 0.6 is 0 Å². The van der Waals surface area contributed by atoms with E-state index in [0.29, 0.717) is 0 Å². The summed E-state index contributed by atoms with van der Waals surface area (Å²) in [5.74, 6) is 5.66. The molecule has 1 nitrogen and oxygen atoms in total. The van der Waals surface area contributed by atoms with Crippen LogP contribution in [0.15, 0.2) is 23.8 Å². The normalized spacial score (nSPS) is 50.1. The van der Waals surface area contributed by atoms with E-state index >= 15 is 0 Å². The first kappa shape index (κ1) is 14.7. The number of hydrogen-bond donors (Lipinski definition) is 0. The van der Waals surface area contributed by atoms with Gasteiger partial charge in [0.05, 0.1) is 0 Å². The van der Waals surface area contributed by atoms with Gasteiger partial charge < -0.3 is 0 Å². The van der Waals surface area contributed by atoms with Crippen LogP contribution in [0.2, 0.25) is 0 Å². The Morgan fingerprint density at radius 2 is 2.05 bits per heavy atom. The van der Waals surface area contributed by atoms with Gasteiger partial charge in [0.1, 0.15) is 0 Å². The van der Waals surface area contributed by atoms with Crippen molar-refractivity contribution in [2.24, 2.45) is 40.9 Å². The second-order valence-electron chi connectivity index (χ2n) is 8.70. The Bertz CT molecular complexity index is 542. The molecule has 3 fully saturated rings. The van der Waals surface area contributed by atoms with Gasteiger partial charge in [0.25, 0.3) is 0 Å². The Balaban J connectivity index is 1.68. The van der Waals surface area contributed by atoms with Crippen molar-refractivity contribution in [2.45, 2.75) is 59.3 Å². The molecule has 0 heterocycles. The van der Waals surface area contributed by atoms with Crippen LogP contribution in [0.1, 0.15) is 59.3 Å². The zero-order chi connectivity index (χ0) is 15.5. The minimum Gasteiger partial charge on any atom is -0.290 e. The molecule has 0 spiro atoms. The van der Waals surface area contributed by atoms with Crippen molar-refractivity contribution in [1.29, 1.82) is 0 Å². The summed E-state index contributed by atoms with van der Waals surface area (Å²) < 4.78 is 0. The number of carbonyl (C=O) groups is 1. The number of fused-ring (bicyclic) bond motifs is 5. The molecule has 4 unspecified atom stereocenters. The van der Waals surface area contributed by atoms with Crippen LogP contribution < -0.4 is 0 Å². The minimum absolute atomic E-state index is 0.167. The highest BCUT2D eigenvalue weighted by molar-refractivity contribution is 6.01. The smallest absolute Gasteiger partial charge is 0.178 e. The highest BCUT2D eigenvalue weighted by Gasteiger charge is 2.55. The molecule has 0 saturated heterocycles. The fourth-order valence-corrected chi connectivity index (χ4v) is 6.90. The summed E-state index contributed by atoms with van der Waals surface area (Å²) in [6.45, 7) is 7.32. The molecule has 3 saturated carbocycles. The highest BCUT2D eigenvalue weighted by atomic mass is 16.1. The van der Waals surface area contributed by atoms with Crippen LogP contribution in [0.25, 0.3) is 0 Å². The SMILES string of the molecule is CC[C@H]1CCC2C3CCC4=CC(=O)C=C[C@]4(C)C3C[C@@H](C)C21. The topological polar surface area (TPSA) is 17.1 Å². The first-order chi connectivity index (χ1) is 10.5. The Kier molecular flexibility index (Phi) is 3.40. The van der Waals surface area contributed by atoms with E-state index in [2.05, 4.69) is 26.8 Å². The summed E-state index contributed by atoms with van der Waals surface area (Å²) in [7, 11) is 0. The van der Waals surface area contributed by atoms with Crippen LogP contribution in [0, 0.1) is 40.9 Å². The van der Waals surface area contributed by atoms with Crippen molar-refractivity contribution in [3.63, 3.8) is 0 Å². The molecule has 0 aromatic heterocycles. The fourth-order valence-electron chi connectivity index (χ4n) is 6.90. The molecule has 0 aromatic rings. The maximum absolute atomic E-state index is 11.8. The van der Waals surface area contributed by atoms with Crippen LogP contribution in [0.3, 0.4) is 0 Å². The Labute approximate surface area is 135 Å². The molecule has 0 aromatic carbocycles. The summed E-state index contributed by atoms with van der Waals surface area (Å²) >= 11 is 0. The number of carbonyl (C=O) groups excluding carboxylic acids is 1. The van der Waals surface area contributed by atoms with E-state index in [1.54, 1.807) is 0 Å². The lowest BCUT2D eigenvalue weighted by Crippen LogP contribution is -2.48. The molecule has 4 aliphatic carbocycles. The summed E-state index contributed by atoms with van der Waals surface area (Å²) in [5, 5.41) is 0. The average molecular weight is 298 g/mol. The van der Waals surface area contributed by atoms with Crippen LogP contribution in [-0.4, -0.2) is 5.78 Å². The van der Waals surface area contributed by atoms with Gasteiger partial charge in [-0.15, -0.1) is 0 Å². The monoisotopic (exact) mass is 298 g/mol. The zero-order valence-corrected chi connectivity index (χ0v) is 14.3. The second-order valence-corrected chi connectivity index (χ2v) is 8.70. The third-order valence-electron chi connectivity index (χ3n) is 7.90. The van der Waals surface area contributed by atoms with Crippen molar-refractivity contribution in [3.05, 3.63) is 23.8 Å². The van der Waals surface area contributed by atoms with Gasteiger partial charge >= 0.3 is 0 Å². The molecular formula is C21H30O. The third-order valence-corrected chi connectivity index (χ3v) is 7.90. The van der Waals surface area contributed by atoms with Gasteiger partial charge in [-0.2, -0.15) is 0 Å². The lowest BCUT2D eigenvalue weighted by atomic mass is 9.49. The largest absolute Gasteiger partial charge is 0.290 e. The first-order valence-corrected chi connectivity index (χ1v) is 9.49. The predicted molar refractivity (Wildman–Crippen MR) is 90.3 cm³/mol. The van der Waals surface area contributed by atoms with Gasteiger partial charge in [0, 0.05) is 5.41 Å². The van der Waals surface area contributed by atoms with Gasteiger partial charge in [0.2, 0.25) is 0 Å². The molecule has 0 aliphatic heterocycles. The van der Waals surface area contributed by atoms with Gasteiger partial charge in [-0.1, -0.05) is 38.8 Å². The van der Waals surface area contributed by atoms with Crippen molar-refractivity contribution in [3.8, 4) is 0 Å². The van der Waals surface area contributed by atoms with Gasteiger partial charge in [-0.05, 0) is 79.8 Å². The summed E-state index contributed by atoms with van der Waals surface area (Å²) in [6, 6.07) is 0. The zero-order valence-electron chi connectivity index (χ0n) is 14.3. The molecule has 22 heavy (non-hydrogen) atoms. The van der Waals surface area contributed by atoms with Gasteiger partial charge in [0.15, 0.2) is 5.78 Å². The van der Waals surface area contributed by atoms with Crippen molar-refractivity contribution < 1.29 is 4.79 Å². The van der Waals surface area contributed by atoms with E-state index in [1.165, 1.54) is 37.7 Å². The fraction of sp³-hybridized carbons (Fsp3) is 0.762. The van der Waals surface area contributed by atoms with Crippen molar-refractivity contribution >= 4 is 5.78 Å². The number of rotatable bonds is 1. The second kappa shape index (κ2) is 5.08. The Morgan fingerprint density at radius 1 is 1.23 bits per heavy atom. The molecule has 120 valence electrons. The summed E-state index contributed by atoms with van der Waals surface area (Å²) in [6.07, 6.45) is 14.2. The Morgan fingerprint density at radius 3 is 2.82 bits per heavy atom. The minimum atomic E-state index is 0.167. The third kappa shape index (κ3) is 1.93. The molecule has 7 atom stereocenters. The van der Waals surface area contributed by atoms with Crippen LogP contribution in [-0.2, 0) is 4.79 Å². The molecule has 4 rings (SSSR count). The van der Waals surface area contributed by atoms with Gasteiger partial charge in [-0.25, -0.2) is 0 Å². The highest BCUT2D eigenvalue weighted by Crippen LogP contribution is 2.63.